The maximum Gasteiger partial charge on any atom is 0.326 e. The lowest BCUT2D eigenvalue weighted by Crippen LogP contribution is -2.45. The molecule has 0 aliphatic carbocycles. The van der Waals surface area contributed by atoms with Crippen LogP contribution in [0.25, 0.3) is 0 Å². The predicted molar refractivity (Wildman–Crippen MR) is 77.1 cm³/mol. The number of aromatic nitrogens is 2. The van der Waals surface area contributed by atoms with Crippen molar-refractivity contribution >= 4 is 11.9 Å². The summed E-state index contributed by atoms with van der Waals surface area (Å²) in [5.74, 6) is -1.95. The fourth-order valence-corrected chi connectivity index (χ4v) is 1.77. The average Bonchev–Trinajstić information content (AvgIpc) is 2.42. The molecule has 0 radical (unpaired) electrons. The van der Waals surface area contributed by atoms with Gasteiger partial charge in [-0.2, -0.15) is 5.10 Å². The van der Waals surface area contributed by atoms with Gasteiger partial charge in [0.05, 0.1) is 0 Å². The molecule has 0 aliphatic rings. The van der Waals surface area contributed by atoms with Crippen molar-refractivity contribution in [3.05, 3.63) is 28.2 Å². The van der Waals surface area contributed by atoms with Gasteiger partial charge in [0.2, 0.25) is 0 Å². The number of unbranched alkanes of at least 4 members (excludes halogenated alkanes) is 1. The molecule has 1 rings (SSSR count). The first-order valence-corrected chi connectivity index (χ1v) is 6.98. The Morgan fingerprint density at radius 1 is 1.38 bits per heavy atom. The van der Waals surface area contributed by atoms with Gasteiger partial charge in [-0.25, -0.2) is 9.48 Å². The van der Waals surface area contributed by atoms with E-state index in [0.717, 1.165) is 12.8 Å². The van der Waals surface area contributed by atoms with Gasteiger partial charge in [0.1, 0.15) is 11.7 Å². The van der Waals surface area contributed by atoms with Crippen molar-refractivity contribution in [2.45, 2.75) is 46.2 Å². The second-order valence-electron chi connectivity index (χ2n) is 5.17. The second kappa shape index (κ2) is 7.56. The molecule has 0 bridgehead atoms. The molecular weight excluding hydrogens is 274 g/mol. The summed E-state index contributed by atoms with van der Waals surface area (Å²) in [7, 11) is 0. The Bertz CT molecular complexity index is 566. The molecule has 0 saturated heterocycles. The Labute approximate surface area is 123 Å². The molecule has 0 unspecified atom stereocenters. The number of nitrogens with one attached hydrogen (secondary N) is 1. The summed E-state index contributed by atoms with van der Waals surface area (Å²) >= 11 is 0. The molecule has 0 aliphatic heterocycles. The zero-order valence-corrected chi connectivity index (χ0v) is 12.5. The number of aryl methyl sites for hydroxylation is 1. The summed E-state index contributed by atoms with van der Waals surface area (Å²) in [6, 6.07) is 1.58. The highest BCUT2D eigenvalue weighted by Gasteiger charge is 2.24. The SMILES string of the molecule is CCCCn1nc(C(=O)N[C@H](C(=O)O)C(C)C)ccc1=O. The molecule has 0 aromatic carbocycles. The van der Waals surface area contributed by atoms with E-state index in [4.69, 9.17) is 5.11 Å². The normalized spacial score (nSPS) is 12.2. The van der Waals surface area contributed by atoms with Crippen molar-refractivity contribution in [3.8, 4) is 0 Å². The topological polar surface area (TPSA) is 101 Å². The third kappa shape index (κ3) is 4.70. The summed E-state index contributed by atoms with van der Waals surface area (Å²) in [6.07, 6.45) is 1.68. The summed E-state index contributed by atoms with van der Waals surface area (Å²) in [4.78, 5) is 34.7. The van der Waals surface area contributed by atoms with Crippen LogP contribution in [0, 0.1) is 5.92 Å². The number of carboxylic acid groups (broad SMARTS) is 1. The van der Waals surface area contributed by atoms with Crippen LogP contribution in [-0.2, 0) is 11.3 Å². The number of hydrogen-bond donors (Lipinski definition) is 2. The average molecular weight is 295 g/mol. The summed E-state index contributed by atoms with van der Waals surface area (Å²) in [6.45, 7) is 5.83. The van der Waals surface area contributed by atoms with Gasteiger partial charge >= 0.3 is 5.97 Å². The maximum absolute atomic E-state index is 12.0. The monoisotopic (exact) mass is 295 g/mol. The van der Waals surface area contributed by atoms with E-state index < -0.39 is 17.9 Å². The molecule has 116 valence electrons. The van der Waals surface area contributed by atoms with Crippen molar-refractivity contribution in [1.82, 2.24) is 15.1 Å². The molecule has 1 aromatic rings. The number of carbonyl (C=O) groups excluding carboxylic acids is 1. The van der Waals surface area contributed by atoms with Crippen LogP contribution < -0.4 is 10.9 Å². The van der Waals surface area contributed by atoms with Crippen molar-refractivity contribution in [1.29, 1.82) is 0 Å². The van der Waals surface area contributed by atoms with Crippen LogP contribution in [0.4, 0.5) is 0 Å². The lowest BCUT2D eigenvalue weighted by atomic mass is 10.0. The first-order valence-electron chi connectivity index (χ1n) is 6.98. The molecule has 7 nitrogen and oxygen atoms in total. The van der Waals surface area contributed by atoms with Gasteiger partial charge in [0.25, 0.3) is 11.5 Å². The molecule has 1 heterocycles. The number of carbonyl (C=O) groups is 2. The second-order valence-corrected chi connectivity index (χ2v) is 5.17. The Balaban J connectivity index is 2.92. The minimum absolute atomic E-state index is 0.0394. The van der Waals surface area contributed by atoms with Gasteiger partial charge in [-0.15, -0.1) is 0 Å². The van der Waals surface area contributed by atoms with E-state index in [2.05, 4.69) is 10.4 Å². The Morgan fingerprint density at radius 2 is 2.05 bits per heavy atom. The van der Waals surface area contributed by atoms with Gasteiger partial charge in [0.15, 0.2) is 0 Å². The highest BCUT2D eigenvalue weighted by Crippen LogP contribution is 2.03. The lowest BCUT2D eigenvalue weighted by molar-refractivity contribution is -0.140. The van der Waals surface area contributed by atoms with Crippen molar-refractivity contribution in [3.63, 3.8) is 0 Å². The van der Waals surface area contributed by atoms with Crippen LogP contribution in [0.1, 0.15) is 44.1 Å². The van der Waals surface area contributed by atoms with E-state index in [1.165, 1.54) is 16.8 Å². The molecule has 1 amide bonds. The Morgan fingerprint density at radius 3 is 2.57 bits per heavy atom. The van der Waals surface area contributed by atoms with Gasteiger partial charge in [-0.05, 0) is 18.4 Å². The number of nitrogens with zero attached hydrogens (tertiary/aromatic N) is 2. The van der Waals surface area contributed by atoms with E-state index in [1.54, 1.807) is 13.8 Å². The van der Waals surface area contributed by atoms with E-state index in [1.807, 2.05) is 6.92 Å². The zero-order valence-electron chi connectivity index (χ0n) is 12.5. The van der Waals surface area contributed by atoms with E-state index in [9.17, 15) is 14.4 Å². The van der Waals surface area contributed by atoms with Gasteiger partial charge in [-0.1, -0.05) is 27.2 Å². The largest absolute Gasteiger partial charge is 0.480 e. The van der Waals surface area contributed by atoms with E-state index in [-0.39, 0.29) is 17.2 Å². The standard InChI is InChI=1S/C14H21N3O4/c1-4-5-8-17-11(18)7-6-10(16-17)13(19)15-12(9(2)3)14(20)21/h6-7,9,12H,4-5,8H2,1-3H3,(H,15,19)(H,20,21)/t12-/m0/s1. The molecule has 0 fully saturated rings. The van der Waals surface area contributed by atoms with Crippen LogP contribution in [0.15, 0.2) is 16.9 Å². The first-order chi connectivity index (χ1) is 9.86. The fraction of sp³-hybridized carbons (Fsp3) is 0.571. The van der Waals surface area contributed by atoms with E-state index >= 15 is 0 Å². The Kier molecular flexibility index (Phi) is 6.08. The zero-order chi connectivity index (χ0) is 16.0. The first kappa shape index (κ1) is 16.9. The molecule has 2 N–H and O–H groups in total. The number of rotatable bonds is 7. The smallest absolute Gasteiger partial charge is 0.326 e. The highest BCUT2D eigenvalue weighted by atomic mass is 16.4. The molecular formula is C14H21N3O4. The van der Waals surface area contributed by atoms with Crippen LogP contribution >= 0.6 is 0 Å². The predicted octanol–water partition coefficient (Wildman–Crippen LogP) is 0.882. The minimum Gasteiger partial charge on any atom is -0.480 e. The number of aliphatic carboxylic acids is 1. The molecule has 0 saturated carbocycles. The van der Waals surface area contributed by atoms with Crippen molar-refractivity contribution < 1.29 is 14.7 Å². The highest BCUT2D eigenvalue weighted by molar-refractivity contribution is 5.94. The molecule has 0 spiro atoms. The number of amides is 1. The van der Waals surface area contributed by atoms with Crippen LogP contribution in [0.3, 0.4) is 0 Å². The third-order valence-corrected chi connectivity index (χ3v) is 3.04. The minimum atomic E-state index is -1.10. The fourth-order valence-electron chi connectivity index (χ4n) is 1.77. The van der Waals surface area contributed by atoms with Crippen LogP contribution in [-0.4, -0.2) is 32.8 Å². The number of carboxylic acids is 1. The Hall–Kier alpha value is -2.18. The van der Waals surface area contributed by atoms with Gasteiger partial charge < -0.3 is 10.4 Å². The quantitative estimate of drug-likeness (QED) is 0.777. The maximum atomic E-state index is 12.0. The summed E-state index contributed by atoms with van der Waals surface area (Å²) in [5.41, 5.74) is -0.240. The number of hydrogen-bond acceptors (Lipinski definition) is 4. The van der Waals surface area contributed by atoms with Gasteiger partial charge in [0, 0.05) is 12.6 Å². The third-order valence-electron chi connectivity index (χ3n) is 3.04. The van der Waals surface area contributed by atoms with Crippen molar-refractivity contribution in [2.75, 3.05) is 0 Å². The molecule has 21 heavy (non-hydrogen) atoms. The van der Waals surface area contributed by atoms with Crippen LogP contribution in [0.5, 0.6) is 0 Å². The molecule has 1 aromatic heterocycles. The van der Waals surface area contributed by atoms with Gasteiger partial charge in [-0.3, -0.25) is 9.59 Å². The van der Waals surface area contributed by atoms with Crippen LogP contribution in [0.2, 0.25) is 0 Å². The van der Waals surface area contributed by atoms with Crippen molar-refractivity contribution in [2.24, 2.45) is 5.92 Å². The van der Waals surface area contributed by atoms with E-state index in [0.29, 0.717) is 6.54 Å². The lowest BCUT2D eigenvalue weighted by Gasteiger charge is -2.17. The summed E-state index contributed by atoms with van der Waals surface area (Å²) in [5, 5.41) is 15.5. The molecule has 7 heteroatoms. The molecule has 1 atom stereocenters. The summed E-state index contributed by atoms with van der Waals surface area (Å²) < 4.78 is 1.23.